The molecule has 0 radical (unpaired) electrons. The predicted octanol–water partition coefficient (Wildman–Crippen LogP) is 1.14. The molecule has 1 N–H and O–H groups in total. The summed E-state index contributed by atoms with van der Waals surface area (Å²) in [6.45, 7) is 5.64. The smallest absolute Gasteiger partial charge is 0.317 e. The molecule has 1 atom stereocenters. The van der Waals surface area contributed by atoms with Gasteiger partial charge in [0.25, 0.3) is 0 Å². The number of rotatable bonds is 4. The standard InChI is InChI=1S/C19H25N5O2/c25-19(23-11-10-22-12-13-26-15-18(22)14-23)20-8-6-16-2-4-17(5-3-16)24-9-1-7-21-24/h1-5,7,9,18H,6,8,10-15H2,(H,20,25). The number of carbonyl (C=O) groups is 1. The molecular formula is C19H25N5O2. The van der Waals surface area contributed by atoms with Gasteiger partial charge in [0, 0.05) is 45.1 Å². The Morgan fingerprint density at radius 2 is 2.12 bits per heavy atom. The zero-order valence-electron chi connectivity index (χ0n) is 14.9. The van der Waals surface area contributed by atoms with Crippen molar-refractivity contribution >= 4 is 6.03 Å². The van der Waals surface area contributed by atoms with E-state index >= 15 is 0 Å². The number of urea groups is 1. The highest BCUT2D eigenvalue weighted by Crippen LogP contribution is 2.14. The van der Waals surface area contributed by atoms with Gasteiger partial charge in [0.2, 0.25) is 0 Å². The lowest BCUT2D eigenvalue weighted by atomic mass is 10.1. The first kappa shape index (κ1) is 17.1. The van der Waals surface area contributed by atoms with E-state index in [1.165, 1.54) is 5.56 Å². The van der Waals surface area contributed by atoms with Crippen LogP contribution in [0, 0.1) is 0 Å². The highest BCUT2D eigenvalue weighted by Gasteiger charge is 2.31. The van der Waals surface area contributed by atoms with Gasteiger partial charge >= 0.3 is 6.03 Å². The number of nitrogens with one attached hydrogen (secondary N) is 1. The quantitative estimate of drug-likeness (QED) is 0.893. The molecule has 3 heterocycles. The molecule has 2 aliphatic heterocycles. The normalized spacial score (nSPS) is 20.6. The van der Waals surface area contributed by atoms with Crippen LogP contribution in [0.15, 0.2) is 42.7 Å². The van der Waals surface area contributed by atoms with Crippen LogP contribution in [-0.2, 0) is 11.2 Å². The van der Waals surface area contributed by atoms with Crippen LogP contribution in [0.5, 0.6) is 0 Å². The summed E-state index contributed by atoms with van der Waals surface area (Å²) in [6, 6.07) is 10.5. The van der Waals surface area contributed by atoms with Gasteiger partial charge in [-0.2, -0.15) is 5.10 Å². The number of hydrogen-bond donors (Lipinski definition) is 1. The molecule has 2 aliphatic rings. The number of morpholine rings is 1. The van der Waals surface area contributed by atoms with E-state index in [0.717, 1.165) is 51.5 Å². The minimum Gasteiger partial charge on any atom is -0.378 e. The Morgan fingerprint density at radius 3 is 2.92 bits per heavy atom. The van der Waals surface area contributed by atoms with Gasteiger partial charge in [-0.05, 0) is 30.2 Å². The van der Waals surface area contributed by atoms with E-state index in [9.17, 15) is 4.79 Å². The molecule has 0 saturated carbocycles. The number of benzene rings is 1. The largest absolute Gasteiger partial charge is 0.378 e. The van der Waals surface area contributed by atoms with E-state index in [1.54, 1.807) is 6.20 Å². The summed E-state index contributed by atoms with van der Waals surface area (Å²) in [5.41, 5.74) is 2.24. The second-order valence-electron chi connectivity index (χ2n) is 6.81. The van der Waals surface area contributed by atoms with Gasteiger partial charge in [-0.15, -0.1) is 0 Å². The number of carbonyl (C=O) groups excluding carboxylic acids is 1. The first-order valence-corrected chi connectivity index (χ1v) is 9.23. The molecule has 26 heavy (non-hydrogen) atoms. The Bertz CT molecular complexity index is 716. The average Bonchev–Trinajstić information content (AvgIpc) is 3.23. The maximum absolute atomic E-state index is 12.4. The van der Waals surface area contributed by atoms with Crippen molar-refractivity contribution in [3.8, 4) is 5.69 Å². The lowest BCUT2D eigenvalue weighted by Crippen LogP contribution is -2.60. The fourth-order valence-electron chi connectivity index (χ4n) is 3.59. The number of aromatic nitrogens is 2. The zero-order valence-corrected chi connectivity index (χ0v) is 14.9. The Balaban J connectivity index is 1.23. The van der Waals surface area contributed by atoms with E-state index in [1.807, 2.05) is 34.0 Å². The maximum Gasteiger partial charge on any atom is 0.317 e. The van der Waals surface area contributed by atoms with Gasteiger partial charge in [0.15, 0.2) is 0 Å². The third kappa shape index (κ3) is 3.89. The predicted molar refractivity (Wildman–Crippen MR) is 98.4 cm³/mol. The molecule has 2 amide bonds. The summed E-state index contributed by atoms with van der Waals surface area (Å²) in [7, 11) is 0. The van der Waals surface area contributed by atoms with Gasteiger partial charge < -0.3 is 15.0 Å². The monoisotopic (exact) mass is 355 g/mol. The van der Waals surface area contributed by atoms with Crippen LogP contribution >= 0.6 is 0 Å². The van der Waals surface area contributed by atoms with Crippen molar-refractivity contribution < 1.29 is 9.53 Å². The molecule has 0 aliphatic carbocycles. The second kappa shape index (κ2) is 7.88. The fraction of sp³-hybridized carbons (Fsp3) is 0.474. The molecule has 2 aromatic rings. The highest BCUT2D eigenvalue weighted by molar-refractivity contribution is 5.74. The minimum atomic E-state index is 0.0309. The average molecular weight is 355 g/mol. The molecule has 7 heteroatoms. The molecule has 2 fully saturated rings. The van der Waals surface area contributed by atoms with Crippen LogP contribution in [0.1, 0.15) is 5.56 Å². The van der Waals surface area contributed by atoms with Crippen molar-refractivity contribution in [1.29, 1.82) is 0 Å². The Labute approximate surface area is 153 Å². The van der Waals surface area contributed by atoms with E-state index in [2.05, 4.69) is 27.4 Å². The number of ether oxygens (including phenoxy) is 1. The van der Waals surface area contributed by atoms with Gasteiger partial charge in [-0.1, -0.05) is 12.1 Å². The molecule has 2 saturated heterocycles. The van der Waals surface area contributed by atoms with E-state index in [4.69, 9.17) is 4.74 Å². The van der Waals surface area contributed by atoms with Crippen LogP contribution in [-0.4, -0.2) is 77.6 Å². The summed E-state index contributed by atoms with van der Waals surface area (Å²) < 4.78 is 7.37. The lowest BCUT2D eigenvalue weighted by Gasteiger charge is -2.43. The topological polar surface area (TPSA) is 62.6 Å². The summed E-state index contributed by atoms with van der Waals surface area (Å²) in [4.78, 5) is 16.8. The molecule has 1 aromatic carbocycles. The van der Waals surface area contributed by atoms with Gasteiger partial charge in [-0.25, -0.2) is 9.48 Å². The van der Waals surface area contributed by atoms with Gasteiger partial charge in [-0.3, -0.25) is 4.90 Å². The van der Waals surface area contributed by atoms with E-state index in [0.29, 0.717) is 12.6 Å². The Kier molecular flexibility index (Phi) is 5.17. The van der Waals surface area contributed by atoms with Crippen molar-refractivity contribution in [3.05, 3.63) is 48.3 Å². The molecule has 1 unspecified atom stereocenters. The van der Waals surface area contributed by atoms with Crippen molar-refractivity contribution in [2.75, 3.05) is 45.9 Å². The van der Waals surface area contributed by atoms with Gasteiger partial charge in [0.1, 0.15) is 0 Å². The Morgan fingerprint density at radius 1 is 1.23 bits per heavy atom. The number of nitrogens with zero attached hydrogens (tertiary/aromatic N) is 4. The van der Waals surface area contributed by atoms with Gasteiger partial charge in [0.05, 0.1) is 24.9 Å². The highest BCUT2D eigenvalue weighted by atomic mass is 16.5. The Hall–Kier alpha value is -2.38. The minimum absolute atomic E-state index is 0.0309. The van der Waals surface area contributed by atoms with Crippen molar-refractivity contribution in [2.24, 2.45) is 0 Å². The first-order chi connectivity index (χ1) is 12.8. The van der Waals surface area contributed by atoms with E-state index < -0.39 is 0 Å². The number of hydrogen-bond acceptors (Lipinski definition) is 4. The number of fused-ring (bicyclic) bond motifs is 1. The molecular weight excluding hydrogens is 330 g/mol. The number of amides is 2. The molecule has 4 rings (SSSR count). The van der Waals surface area contributed by atoms with Crippen LogP contribution < -0.4 is 5.32 Å². The van der Waals surface area contributed by atoms with Crippen LogP contribution in [0.4, 0.5) is 4.79 Å². The molecule has 138 valence electrons. The van der Waals surface area contributed by atoms with Crippen LogP contribution in [0.3, 0.4) is 0 Å². The van der Waals surface area contributed by atoms with Crippen LogP contribution in [0.25, 0.3) is 5.69 Å². The van der Waals surface area contributed by atoms with Crippen LogP contribution in [0.2, 0.25) is 0 Å². The summed E-state index contributed by atoms with van der Waals surface area (Å²) in [5.74, 6) is 0. The second-order valence-corrected chi connectivity index (χ2v) is 6.81. The third-order valence-corrected chi connectivity index (χ3v) is 5.12. The lowest BCUT2D eigenvalue weighted by molar-refractivity contribution is -0.0364. The molecule has 1 aromatic heterocycles. The van der Waals surface area contributed by atoms with Crippen molar-refractivity contribution in [1.82, 2.24) is 24.9 Å². The SMILES string of the molecule is O=C(NCCc1ccc(-n2cccn2)cc1)N1CCN2CCOCC2C1. The summed E-state index contributed by atoms with van der Waals surface area (Å²) >= 11 is 0. The molecule has 7 nitrogen and oxygen atoms in total. The maximum atomic E-state index is 12.4. The molecule has 0 spiro atoms. The van der Waals surface area contributed by atoms with Crippen molar-refractivity contribution in [2.45, 2.75) is 12.5 Å². The molecule has 0 bridgehead atoms. The van der Waals surface area contributed by atoms with Crippen molar-refractivity contribution in [3.63, 3.8) is 0 Å². The number of piperazine rings is 1. The first-order valence-electron chi connectivity index (χ1n) is 9.23. The van der Waals surface area contributed by atoms with E-state index in [-0.39, 0.29) is 6.03 Å². The zero-order chi connectivity index (χ0) is 17.8. The fourth-order valence-corrected chi connectivity index (χ4v) is 3.59. The summed E-state index contributed by atoms with van der Waals surface area (Å²) in [5, 5.41) is 7.27. The summed E-state index contributed by atoms with van der Waals surface area (Å²) in [6.07, 6.45) is 4.51. The third-order valence-electron chi connectivity index (χ3n) is 5.12.